The van der Waals surface area contributed by atoms with Gasteiger partial charge in [0.15, 0.2) is 0 Å². The lowest BCUT2D eigenvalue weighted by Crippen LogP contribution is -2.53. The highest BCUT2D eigenvalue weighted by Gasteiger charge is 2.33. The summed E-state index contributed by atoms with van der Waals surface area (Å²) in [5.74, 6) is -0.496. The van der Waals surface area contributed by atoms with Gasteiger partial charge in [-0.2, -0.15) is 0 Å². The number of ether oxygens (including phenoxy) is 1. The maximum Gasteiger partial charge on any atom is 0.244 e. The molecule has 3 aromatic rings. The fourth-order valence-electron chi connectivity index (χ4n) is 4.06. The summed E-state index contributed by atoms with van der Waals surface area (Å²) in [6.07, 6.45) is 1.27. The van der Waals surface area contributed by atoms with Crippen molar-refractivity contribution in [2.75, 3.05) is 30.8 Å². The number of benzene rings is 3. The average Bonchev–Trinajstić information content (AvgIpc) is 2.90. The lowest BCUT2D eigenvalue weighted by atomic mass is 10.0. The monoisotopic (exact) mass is 635 g/mol. The fraction of sp³-hybridized carbons (Fsp3) is 0.286. The molecule has 0 radical (unpaired) electrons. The molecule has 2 amide bonds. The first kappa shape index (κ1) is 30.5. The molecule has 1 atom stereocenters. The first-order valence-corrected chi connectivity index (χ1v) is 15.2. The predicted molar refractivity (Wildman–Crippen MR) is 158 cm³/mol. The van der Waals surface area contributed by atoms with Gasteiger partial charge in [0.1, 0.15) is 18.3 Å². The molecule has 0 spiro atoms. The summed E-state index contributed by atoms with van der Waals surface area (Å²) in [6, 6.07) is 20.4. The maximum absolute atomic E-state index is 14.0. The van der Waals surface area contributed by atoms with Crippen molar-refractivity contribution in [3.63, 3.8) is 0 Å². The SMILES string of the molecule is CCNC(=O)[C@@H](Cc1ccccc1)N(Cc1ccc(Br)cc1)C(=O)CN(c1ccc(OC)c(Cl)c1)S(C)(=O)=O. The fourth-order valence-corrected chi connectivity index (χ4v) is 5.41. The van der Waals surface area contributed by atoms with Gasteiger partial charge in [-0.25, -0.2) is 8.42 Å². The van der Waals surface area contributed by atoms with Crippen LogP contribution in [0.15, 0.2) is 77.3 Å². The summed E-state index contributed by atoms with van der Waals surface area (Å²) in [6.45, 7) is 1.76. The number of nitrogens with one attached hydrogen (secondary N) is 1. The topological polar surface area (TPSA) is 96.0 Å². The zero-order valence-corrected chi connectivity index (χ0v) is 25.1. The van der Waals surface area contributed by atoms with E-state index in [0.717, 1.165) is 26.2 Å². The van der Waals surface area contributed by atoms with Gasteiger partial charge in [-0.3, -0.25) is 13.9 Å². The molecule has 0 fully saturated rings. The summed E-state index contributed by atoms with van der Waals surface area (Å²) >= 11 is 9.68. The molecule has 11 heteroatoms. The molecule has 0 aliphatic rings. The highest BCUT2D eigenvalue weighted by Crippen LogP contribution is 2.30. The molecule has 0 aromatic heterocycles. The minimum Gasteiger partial charge on any atom is -0.495 e. The van der Waals surface area contributed by atoms with E-state index >= 15 is 0 Å². The molecule has 3 rings (SSSR count). The number of carbonyl (C=O) groups excluding carboxylic acids is 2. The Balaban J connectivity index is 2.04. The van der Waals surface area contributed by atoms with Gasteiger partial charge < -0.3 is 15.0 Å². The van der Waals surface area contributed by atoms with E-state index in [0.29, 0.717) is 12.3 Å². The average molecular weight is 637 g/mol. The molecular weight excluding hydrogens is 606 g/mol. The molecule has 3 aromatic carbocycles. The predicted octanol–water partition coefficient (Wildman–Crippen LogP) is 4.65. The summed E-state index contributed by atoms with van der Waals surface area (Å²) in [5, 5.41) is 3.03. The molecule has 0 aliphatic carbocycles. The van der Waals surface area contributed by atoms with E-state index in [4.69, 9.17) is 16.3 Å². The van der Waals surface area contributed by atoms with Crippen LogP contribution in [-0.2, 0) is 32.6 Å². The van der Waals surface area contributed by atoms with Crippen molar-refractivity contribution in [3.05, 3.63) is 93.4 Å². The smallest absolute Gasteiger partial charge is 0.244 e. The van der Waals surface area contributed by atoms with E-state index in [9.17, 15) is 18.0 Å². The van der Waals surface area contributed by atoms with Crippen LogP contribution in [0, 0.1) is 0 Å². The van der Waals surface area contributed by atoms with Crippen LogP contribution in [0.5, 0.6) is 5.75 Å². The van der Waals surface area contributed by atoms with Crippen molar-refractivity contribution in [2.45, 2.75) is 25.9 Å². The van der Waals surface area contributed by atoms with Crippen molar-refractivity contribution in [2.24, 2.45) is 0 Å². The number of likely N-dealkylation sites (N-methyl/N-ethyl adjacent to an activating group) is 1. The van der Waals surface area contributed by atoms with E-state index in [2.05, 4.69) is 21.2 Å². The minimum atomic E-state index is -3.90. The quantitative estimate of drug-likeness (QED) is 0.312. The Kier molecular flexibility index (Phi) is 10.8. The Morgan fingerprint density at radius 1 is 1.03 bits per heavy atom. The van der Waals surface area contributed by atoms with E-state index < -0.39 is 28.5 Å². The van der Waals surface area contributed by atoms with E-state index in [1.54, 1.807) is 6.92 Å². The third kappa shape index (κ3) is 8.45. The molecular formula is C28H31BrClN3O5S. The van der Waals surface area contributed by atoms with Gasteiger partial charge in [0.25, 0.3) is 0 Å². The number of nitrogens with zero attached hydrogens (tertiary/aromatic N) is 2. The van der Waals surface area contributed by atoms with Crippen LogP contribution in [0.4, 0.5) is 5.69 Å². The molecule has 0 saturated heterocycles. The second-order valence-corrected chi connectivity index (χ2v) is 12.1. The van der Waals surface area contributed by atoms with Crippen LogP contribution in [-0.4, -0.2) is 57.6 Å². The van der Waals surface area contributed by atoms with Crippen molar-refractivity contribution in [3.8, 4) is 5.75 Å². The number of anilines is 1. The normalized spacial score (nSPS) is 11.9. The lowest BCUT2D eigenvalue weighted by molar-refractivity contribution is -0.140. The Labute approximate surface area is 243 Å². The largest absolute Gasteiger partial charge is 0.495 e. The summed E-state index contributed by atoms with van der Waals surface area (Å²) < 4.78 is 32.7. The highest BCUT2D eigenvalue weighted by atomic mass is 79.9. The molecule has 8 nitrogen and oxygen atoms in total. The Hall–Kier alpha value is -3.08. The molecule has 1 N–H and O–H groups in total. The van der Waals surface area contributed by atoms with Crippen molar-refractivity contribution >= 4 is 55.1 Å². The first-order valence-electron chi connectivity index (χ1n) is 12.2. The van der Waals surface area contributed by atoms with E-state index in [-0.39, 0.29) is 29.6 Å². The van der Waals surface area contributed by atoms with Crippen LogP contribution >= 0.6 is 27.5 Å². The van der Waals surface area contributed by atoms with Crippen LogP contribution < -0.4 is 14.4 Å². The summed E-state index contributed by atoms with van der Waals surface area (Å²) in [7, 11) is -2.45. The lowest BCUT2D eigenvalue weighted by Gasteiger charge is -2.33. The molecule has 0 bridgehead atoms. The van der Waals surface area contributed by atoms with Crippen LogP contribution in [0.25, 0.3) is 0 Å². The Morgan fingerprint density at radius 3 is 2.26 bits per heavy atom. The van der Waals surface area contributed by atoms with Crippen molar-refractivity contribution in [1.82, 2.24) is 10.2 Å². The van der Waals surface area contributed by atoms with E-state index in [1.165, 1.54) is 30.2 Å². The maximum atomic E-state index is 14.0. The molecule has 0 aliphatic heterocycles. The van der Waals surface area contributed by atoms with Gasteiger partial charge >= 0.3 is 0 Å². The minimum absolute atomic E-state index is 0.0989. The standard InChI is InChI=1S/C28H31BrClN3O5S/c1-4-31-28(35)25(16-20-8-6-5-7-9-20)32(18-21-10-12-22(29)13-11-21)27(34)19-33(39(3,36)37)23-14-15-26(38-2)24(30)17-23/h5-15,17,25H,4,16,18-19H2,1-3H3,(H,31,35)/t25-/m1/s1. The number of sulfonamides is 1. The van der Waals surface area contributed by atoms with Crippen LogP contribution in [0.3, 0.4) is 0 Å². The number of rotatable bonds is 12. The van der Waals surface area contributed by atoms with Crippen LogP contribution in [0.2, 0.25) is 5.02 Å². The highest BCUT2D eigenvalue weighted by molar-refractivity contribution is 9.10. The Bertz CT molecular complexity index is 1390. The zero-order chi connectivity index (χ0) is 28.6. The third-order valence-corrected chi connectivity index (χ3v) is 7.96. The molecule has 0 saturated carbocycles. The first-order chi connectivity index (χ1) is 18.5. The molecule has 39 heavy (non-hydrogen) atoms. The number of carbonyl (C=O) groups is 2. The van der Waals surface area contributed by atoms with Gasteiger partial charge in [-0.15, -0.1) is 0 Å². The van der Waals surface area contributed by atoms with E-state index in [1.807, 2.05) is 54.6 Å². The second-order valence-electron chi connectivity index (χ2n) is 8.84. The molecule has 0 heterocycles. The number of hydrogen-bond donors (Lipinski definition) is 1. The van der Waals surface area contributed by atoms with Crippen molar-refractivity contribution in [1.29, 1.82) is 0 Å². The summed E-state index contributed by atoms with van der Waals surface area (Å²) in [5.41, 5.74) is 1.86. The second kappa shape index (κ2) is 13.8. The number of amides is 2. The number of methoxy groups -OCH3 is 1. The van der Waals surface area contributed by atoms with Gasteiger partial charge in [-0.1, -0.05) is 70.0 Å². The van der Waals surface area contributed by atoms with Gasteiger partial charge in [-0.05, 0) is 48.4 Å². The van der Waals surface area contributed by atoms with Gasteiger partial charge in [0, 0.05) is 24.0 Å². The summed E-state index contributed by atoms with van der Waals surface area (Å²) in [4.78, 5) is 28.7. The van der Waals surface area contributed by atoms with Crippen molar-refractivity contribution < 1.29 is 22.7 Å². The molecule has 208 valence electrons. The Morgan fingerprint density at radius 2 is 1.69 bits per heavy atom. The number of halogens is 2. The third-order valence-electron chi connectivity index (χ3n) is 5.99. The number of hydrogen-bond acceptors (Lipinski definition) is 5. The van der Waals surface area contributed by atoms with Gasteiger partial charge in [0.2, 0.25) is 21.8 Å². The zero-order valence-electron chi connectivity index (χ0n) is 21.9. The van der Waals surface area contributed by atoms with Gasteiger partial charge in [0.05, 0.1) is 24.1 Å². The van der Waals surface area contributed by atoms with Crippen LogP contribution in [0.1, 0.15) is 18.1 Å². The molecule has 0 unspecified atom stereocenters.